The van der Waals surface area contributed by atoms with Gasteiger partial charge in [-0.3, -0.25) is 4.99 Å². The van der Waals surface area contributed by atoms with Crippen molar-refractivity contribution in [1.29, 1.82) is 0 Å². The summed E-state index contributed by atoms with van der Waals surface area (Å²) in [5, 5.41) is 0. The Kier molecular flexibility index (Phi) is 7.61. The highest BCUT2D eigenvalue weighted by Crippen LogP contribution is 2.28. The summed E-state index contributed by atoms with van der Waals surface area (Å²) < 4.78 is 0. The van der Waals surface area contributed by atoms with Gasteiger partial charge < -0.3 is 4.90 Å². The number of unbranched alkanes of at least 4 members (excludes halogenated alkanes) is 4. The number of aliphatic imine (C=N–C) groups is 1. The first-order valence-corrected chi connectivity index (χ1v) is 8.80. The molecule has 0 spiro atoms. The molecule has 0 N–H and O–H groups in total. The lowest BCUT2D eigenvalue weighted by molar-refractivity contribution is 0.295. The maximum Gasteiger partial charge on any atom is 0.0861 e. The standard InChI is InChI=1S/C18H36N2/c1-6-8-9-10-11-12-17-14-13-16(7-2)20(17)15-19-18(3,4)5/h15-17H,6-14H2,1-5H3. The molecule has 1 aliphatic heterocycles. The van der Waals surface area contributed by atoms with E-state index < -0.39 is 0 Å². The first-order chi connectivity index (χ1) is 9.48. The van der Waals surface area contributed by atoms with E-state index in [-0.39, 0.29) is 5.54 Å². The first kappa shape index (κ1) is 17.5. The normalized spacial score (nSPS) is 23.9. The molecule has 0 radical (unpaired) electrons. The van der Waals surface area contributed by atoms with Crippen LogP contribution in [0.4, 0.5) is 0 Å². The topological polar surface area (TPSA) is 15.6 Å². The number of rotatable bonds is 8. The molecule has 0 aromatic carbocycles. The Labute approximate surface area is 127 Å². The third-order valence-corrected chi connectivity index (χ3v) is 4.37. The smallest absolute Gasteiger partial charge is 0.0861 e. The van der Waals surface area contributed by atoms with E-state index in [9.17, 15) is 0 Å². The lowest BCUT2D eigenvalue weighted by atomic mass is 10.0. The molecule has 0 aliphatic carbocycles. The summed E-state index contributed by atoms with van der Waals surface area (Å²) >= 11 is 0. The van der Waals surface area contributed by atoms with Gasteiger partial charge in [0.1, 0.15) is 0 Å². The van der Waals surface area contributed by atoms with Crippen molar-refractivity contribution in [3.63, 3.8) is 0 Å². The summed E-state index contributed by atoms with van der Waals surface area (Å²) in [4.78, 5) is 7.32. The van der Waals surface area contributed by atoms with Crippen LogP contribution in [0.5, 0.6) is 0 Å². The molecular formula is C18H36N2. The predicted molar refractivity (Wildman–Crippen MR) is 90.6 cm³/mol. The highest BCUT2D eigenvalue weighted by atomic mass is 15.2. The van der Waals surface area contributed by atoms with Crippen LogP contribution < -0.4 is 0 Å². The van der Waals surface area contributed by atoms with Gasteiger partial charge in [-0.25, -0.2) is 0 Å². The molecule has 1 rings (SSSR count). The SMILES string of the molecule is CCCCCCCC1CCC(CC)N1C=NC(C)(C)C. The van der Waals surface area contributed by atoms with E-state index in [2.05, 4.69) is 45.9 Å². The van der Waals surface area contributed by atoms with Gasteiger partial charge in [0.15, 0.2) is 0 Å². The second-order valence-electron chi connectivity index (χ2n) is 7.36. The molecule has 0 aromatic heterocycles. The largest absolute Gasteiger partial charge is 0.357 e. The zero-order valence-electron chi connectivity index (χ0n) is 14.5. The summed E-state index contributed by atoms with van der Waals surface area (Å²) in [6.07, 6.45) is 14.4. The van der Waals surface area contributed by atoms with Crippen LogP contribution in [0.3, 0.4) is 0 Å². The lowest BCUT2D eigenvalue weighted by Gasteiger charge is -2.29. The minimum atomic E-state index is 0.0482. The molecule has 1 aliphatic rings. The fraction of sp³-hybridized carbons (Fsp3) is 0.944. The highest BCUT2D eigenvalue weighted by molar-refractivity contribution is 5.57. The molecule has 0 aromatic rings. The highest BCUT2D eigenvalue weighted by Gasteiger charge is 2.30. The van der Waals surface area contributed by atoms with Crippen LogP contribution in [-0.4, -0.2) is 28.9 Å². The predicted octanol–water partition coefficient (Wildman–Crippen LogP) is 5.42. The van der Waals surface area contributed by atoms with Crippen molar-refractivity contribution in [2.75, 3.05) is 0 Å². The van der Waals surface area contributed by atoms with E-state index in [1.165, 1.54) is 57.8 Å². The zero-order valence-corrected chi connectivity index (χ0v) is 14.5. The summed E-state index contributed by atoms with van der Waals surface area (Å²) in [5.41, 5.74) is 0.0482. The number of nitrogens with zero attached hydrogens (tertiary/aromatic N) is 2. The Bertz CT molecular complexity index is 278. The fourth-order valence-electron chi connectivity index (χ4n) is 3.10. The second kappa shape index (κ2) is 8.69. The molecule has 2 atom stereocenters. The first-order valence-electron chi connectivity index (χ1n) is 8.80. The second-order valence-corrected chi connectivity index (χ2v) is 7.36. The molecule has 1 saturated heterocycles. The number of hydrogen-bond donors (Lipinski definition) is 0. The molecule has 20 heavy (non-hydrogen) atoms. The fourth-order valence-corrected chi connectivity index (χ4v) is 3.10. The maximum absolute atomic E-state index is 4.75. The van der Waals surface area contributed by atoms with Gasteiger partial charge in [0, 0.05) is 12.1 Å². The van der Waals surface area contributed by atoms with Crippen molar-refractivity contribution in [2.45, 2.75) is 110 Å². The van der Waals surface area contributed by atoms with Gasteiger partial charge in [-0.1, -0.05) is 46.0 Å². The minimum absolute atomic E-state index is 0.0482. The van der Waals surface area contributed by atoms with E-state index >= 15 is 0 Å². The third-order valence-electron chi connectivity index (χ3n) is 4.37. The third kappa shape index (κ3) is 6.28. The van der Waals surface area contributed by atoms with E-state index in [4.69, 9.17) is 4.99 Å². The average Bonchev–Trinajstić information content (AvgIpc) is 2.77. The maximum atomic E-state index is 4.75. The summed E-state index contributed by atoms with van der Waals surface area (Å²) in [6, 6.07) is 1.47. The monoisotopic (exact) mass is 280 g/mol. The summed E-state index contributed by atoms with van der Waals surface area (Å²) in [7, 11) is 0. The van der Waals surface area contributed by atoms with Crippen molar-refractivity contribution >= 4 is 6.34 Å². The molecule has 118 valence electrons. The van der Waals surface area contributed by atoms with Crippen LogP contribution in [0.1, 0.15) is 92.4 Å². The van der Waals surface area contributed by atoms with Gasteiger partial charge in [-0.2, -0.15) is 0 Å². The van der Waals surface area contributed by atoms with Gasteiger partial charge in [0.05, 0.1) is 11.9 Å². The van der Waals surface area contributed by atoms with Crippen LogP contribution >= 0.6 is 0 Å². The minimum Gasteiger partial charge on any atom is -0.357 e. The Hall–Kier alpha value is -0.530. The van der Waals surface area contributed by atoms with Crippen molar-refractivity contribution < 1.29 is 0 Å². The number of hydrogen-bond acceptors (Lipinski definition) is 1. The van der Waals surface area contributed by atoms with Gasteiger partial charge >= 0.3 is 0 Å². The van der Waals surface area contributed by atoms with E-state index in [1.807, 2.05) is 0 Å². The van der Waals surface area contributed by atoms with Crippen molar-refractivity contribution in [1.82, 2.24) is 4.90 Å². The Morgan fingerprint density at radius 3 is 2.25 bits per heavy atom. The van der Waals surface area contributed by atoms with Crippen molar-refractivity contribution in [2.24, 2.45) is 4.99 Å². The lowest BCUT2D eigenvalue weighted by Crippen LogP contribution is -2.35. The quantitative estimate of drug-likeness (QED) is 0.329. The van der Waals surface area contributed by atoms with Crippen LogP contribution in [0, 0.1) is 0 Å². The zero-order chi connectivity index (χ0) is 15.0. The van der Waals surface area contributed by atoms with Gasteiger partial charge in [-0.15, -0.1) is 0 Å². The Morgan fingerprint density at radius 2 is 1.65 bits per heavy atom. The van der Waals surface area contributed by atoms with Crippen molar-refractivity contribution in [3.8, 4) is 0 Å². The van der Waals surface area contributed by atoms with Crippen LogP contribution in [0.15, 0.2) is 4.99 Å². The van der Waals surface area contributed by atoms with E-state index in [0.29, 0.717) is 0 Å². The average molecular weight is 280 g/mol. The molecule has 0 bridgehead atoms. The molecule has 1 fully saturated rings. The van der Waals surface area contributed by atoms with Crippen LogP contribution in [0.25, 0.3) is 0 Å². The molecule has 1 heterocycles. The van der Waals surface area contributed by atoms with Gasteiger partial charge in [-0.05, 0) is 46.5 Å². The molecular weight excluding hydrogens is 244 g/mol. The van der Waals surface area contributed by atoms with Crippen LogP contribution in [0.2, 0.25) is 0 Å². The van der Waals surface area contributed by atoms with E-state index in [1.54, 1.807) is 0 Å². The van der Waals surface area contributed by atoms with Gasteiger partial charge in [0.2, 0.25) is 0 Å². The molecule has 0 saturated carbocycles. The Balaban J connectivity index is 2.45. The molecule has 2 nitrogen and oxygen atoms in total. The summed E-state index contributed by atoms with van der Waals surface area (Å²) in [6.45, 7) is 11.1. The van der Waals surface area contributed by atoms with Gasteiger partial charge in [0.25, 0.3) is 0 Å². The number of likely N-dealkylation sites (tertiary alicyclic amines) is 1. The van der Waals surface area contributed by atoms with Crippen molar-refractivity contribution in [3.05, 3.63) is 0 Å². The van der Waals surface area contributed by atoms with Crippen LogP contribution in [-0.2, 0) is 0 Å². The summed E-state index contributed by atoms with van der Waals surface area (Å²) in [5.74, 6) is 0. The van der Waals surface area contributed by atoms with E-state index in [0.717, 1.165) is 12.1 Å². The molecule has 2 heteroatoms. The Morgan fingerprint density at radius 1 is 1.00 bits per heavy atom. The molecule has 2 unspecified atom stereocenters. The molecule has 0 amide bonds.